The van der Waals surface area contributed by atoms with Gasteiger partial charge in [0, 0.05) is 18.8 Å². The van der Waals surface area contributed by atoms with Crippen LogP contribution in [0.15, 0.2) is 0 Å². The van der Waals surface area contributed by atoms with Crippen LogP contribution in [0.4, 0.5) is 0 Å². The van der Waals surface area contributed by atoms with Crippen LogP contribution >= 0.6 is 0 Å². The number of rotatable bonds is 4. The second-order valence-electron chi connectivity index (χ2n) is 6.41. The molecule has 5 nitrogen and oxygen atoms in total. The topological polar surface area (TPSA) is 62.4 Å². The second kappa shape index (κ2) is 7.66. The van der Waals surface area contributed by atoms with E-state index in [0.29, 0.717) is 35.2 Å². The van der Waals surface area contributed by atoms with Gasteiger partial charge in [-0.1, -0.05) is 25.7 Å². The Kier molecular flexibility index (Phi) is 5.85. The van der Waals surface area contributed by atoms with Crippen LogP contribution in [0.2, 0.25) is 0 Å². The van der Waals surface area contributed by atoms with Crippen molar-refractivity contribution in [2.75, 3.05) is 13.7 Å². The number of ether oxygens (including phenoxy) is 1. The fourth-order valence-corrected chi connectivity index (χ4v) is 3.46. The molecule has 1 aliphatic carbocycles. The van der Waals surface area contributed by atoms with Crippen LogP contribution in [0.5, 0.6) is 0 Å². The first kappa shape index (κ1) is 17.6. The van der Waals surface area contributed by atoms with E-state index in [-0.39, 0.29) is 11.9 Å². The summed E-state index contributed by atoms with van der Waals surface area (Å²) in [6.07, 6.45) is 6.99. The molecule has 1 amide bonds. The van der Waals surface area contributed by atoms with Gasteiger partial charge in [-0.2, -0.15) is 0 Å². The molecule has 1 aromatic heterocycles. The van der Waals surface area contributed by atoms with Gasteiger partial charge in [-0.3, -0.25) is 4.79 Å². The van der Waals surface area contributed by atoms with Crippen molar-refractivity contribution in [3.63, 3.8) is 0 Å². The molecular formula is C18H28N2O3. The molecule has 0 aliphatic heterocycles. The average molecular weight is 320 g/mol. The van der Waals surface area contributed by atoms with Crippen molar-refractivity contribution >= 4 is 11.9 Å². The summed E-state index contributed by atoms with van der Waals surface area (Å²) in [5.74, 6) is -0.400. The molecule has 0 atom stereocenters. The van der Waals surface area contributed by atoms with Gasteiger partial charge in [-0.15, -0.1) is 0 Å². The number of amides is 1. The van der Waals surface area contributed by atoms with E-state index in [1.165, 1.54) is 25.7 Å². The molecule has 1 saturated carbocycles. The van der Waals surface area contributed by atoms with Gasteiger partial charge in [-0.25, -0.2) is 4.79 Å². The Morgan fingerprint density at radius 1 is 1.17 bits per heavy atom. The van der Waals surface area contributed by atoms with Gasteiger partial charge in [-0.05, 0) is 39.2 Å². The van der Waals surface area contributed by atoms with Crippen LogP contribution in [0.1, 0.15) is 77.6 Å². The third kappa shape index (κ3) is 3.77. The number of H-pyrrole nitrogens is 1. The highest BCUT2D eigenvalue weighted by atomic mass is 16.5. The molecule has 1 heterocycles. The number of nitrogens with zero attached hydrogens (tertiary/aromatic N) is 1. The van der Waals surface area contributed by atoms with Crippen molar-refractivity contribution < 1.29 is 14.3 Å². The number of aryl methyl sites for hydroxylation is 1. The lowest BCUT2D eigenvalue weighted by Gasteiger charge is -2.27. The first-order chi connectivity index (χ1) is 11.0. The Morgan fingerprint density at radius 3 is 2.35 bits per heavy atom. The predicted molar refractivity (Wildman–Crippen MR) is 89.8 cm³/mol. The summed E-state index contributed by atoms with van der Waals surface area (Å²) in [7, 11) is 1.87. The highest BCUT2D eigenvalue weighted by Gasteiger charge is 2.28. The number of carbonyl (C=O) groups excluding carboxylic acids is 2. The summed E-state index contributed by atoms with van der Waals surface area (Å²) in [6, 6.07) is 0.291. The third-order valence-electron chi connectivity index (χ3n) is 4.82. The normalized spacial score (nSPS) is 16.0. The number of hydrogen-bond donors (Lipinski definition) is 1. The Morgan fingerprint density at radius 2 is 1.78 bits per heavy atom. The predicted octanol–water partition coefficient (Wildman–Crippen LogP) is 3.60. The van der Waals surface area contributed by atoms with Crippen molar-refractivity contribution in [3.8, 4) is 0 Å². The van der Waals surface area contributed by atoms with Crippen LogP contribution in [0, 0.1) is 13.8 Å². The Balaban J connectivity index is 2.22. The quantitative estimate of drug-likeness (QED) is 0.681. The largest absolute Gasteiger partial charge is 0.462 e. The molecule has 5 heteroatoms. The van der Waals surface area contributed by atoms with E-state index in [4.69, 9.17) is 4.74 Å². The second-order valence-corrected chi connectivity index (χ2v) is 6.41. The Hall–Kier alpha value is -1.78. The summed E-state index contributed by atoms with van der Waals surface area (Å²) < 4.78 is 5.09. The van der Waals surface area contributed by atoms with Gasteiger partial charge in [0.2, 0.25) is 0 Å². The van der Waals surface area contributed by atoms with Crippen molar-refractivity contribution in [3.05, 3.63) is 22.5 Å². The maximum atomic E-state index is 12.9. The maximum absolute atomic E-state index is 12.9. The fourth-order valence-electron chi connectivity index (χ4n) is 3.46. The van der Waals surface area contributed by atoms with E-state index >= 15 is 0 Å². The number of aromatic amines is 1. The van der Waals surface area contributed by atoms with Gasteiger partial charge in [0.1, 0.15) is 5.69 Å². The number of hydrogen-bond acceptors (Lipinski definition) is 3. The smallest absolute Gasteiger partial charge is 0.340 e. The first-order valence-corrected chi connectivity index (χ1v) is 8.60. The van der Waals surface area contributed by atoms with Crippen molar-refractivity contribution in [2.24, 2.45) is 0 Å². The lowest BCUT2D eigenvalue weighted by molar-refractivity contribution is 0.0525. The Labute approximate surface area is 138 Å². The lowest BCUT2D eigenvalue weighted by Crippen LogP contribution is -2.37. The molecule has 1 N–H and O–H groups in total. The van der Waals surface area contributed by atoms with E-state index < -0.39 is 0 Å². The average Bonchev–Trinajstić information content (AvgIpc) is 2.72. The monoisotopic (exact) mass is 320 g/mol. The van der Waals surface area contributed by atoms with E-state index in [9.17, 15) is 9.59 Å². The van der Waals surface area contributed by atoms with Crippen LogP contribution in [0.25, 0.3) is 0 Å². The van der Waals surface area contributed by atoms with Crippen LogP contribution in [-0.4, -0.2) is 41.5 Å². The summed E-state index contributed by atoms with van der Waals surface area (Å²) in [5, 5.41) is 0. The molecular weight excluding hydrogens is 292 g/mol. The minimum absolute atomic E-state index is 0.0342. The van der Waals surface area contributed by atoms with Crippen LogP contribution in [-0.2, 0) is 4.74 Å². The molecule has 1 fully saturated rings. The van der Waals surface area contributed by atoms with Gasteiger partial charge in [0.15, 0.2) is 0 Å². The zero-order valence-corrected chi connectivity index (χ0v) is 14.7. The zero-order chi connectivity index (χ0) is 17.0. The molecule has 0 spiro atoms. The van der Waals surface area contributed by atoms with E-state index in [1.807, 2.05) is 25.8 Å². The summed E-state index contributed by atoms with van der Waals surface area (Å²) in [5.41, 5.74) is 2.38. The number of nitrogens with one attached hydrogen (secondary N) is 1. The van der Waals surface area contributed by atoms with Gasteiger partial charge in [0.25, 0.3) is 5.91 Å². The summed E-state index contributed by atoms with van der Waals surface area (Å²) in [4.78, 5) is 29.9. The minimum Gasteiger partial charge on any atom is -0.462 e. The summed E-state index contributed by atoms with van der Waals surface area (Å²) in [6.45, 7) is 5.72. The van der Waals surface area contributed by atoms with E-state index in [0.717, 1.165) is 12.8 Å². The van der Waals surface area contributed by atoms with Crippen LogP contribution < -0.4 is 0 Å². The molecule has 0 aromatic carbocycles. The molecule has 0 bridgehead atoms. The van der Waals surface area contributed by atoms with E-state index in [1.54, 1.807) is 6.92 Å². The molecule has 1 aliphatic rings. The van der Waals surface area contributed by atoms with Crippen LogP contribution in [0.3, 0.4) is 0 Å². The number of esters is 1. The fraction of sp³-hybridized carbons (Fsp3) is 0.667. The lowest BCUT2D eigenvalue weighted by atomic mass is 10.1. The molecule has 0 radical (unpaired) electrons. The van der Waals surface area contributed by atoms with Crippen molar-refractivity contribution in [1.29, 1.82) is 0 Å². The van der Waals surface area contributed by atoms with Gasteiger partial charge in [0.05, 0.1) is 12.2 Å². The van der Waals surface area contributed by atoms with Crippen molar-refractivity contribution in [1.82, 2.24) is 9.88 Å². The maximum Gasteiger partial charge on any atom is 0.340 e. The standard InChI is InChI=1S/C18H28N2O3/c1-5-23-18(22)15-12(2)16(19-13(15)3)17(21)20(4)14-10-8-6-7-9-11-14/h14,19H,5-11H2,1-4H3. The minimum atomic E-state index is -0.366. The van der Waals surface area contributed by atoms with Crippen molar-refractivity contribution in [2.45, 2.75) is 65.3 Å². The Bertz CT molecular complexity index is 569. The third-order valence-corrected chi connectivity index (χ3v) is 4.82. The zero-order valence-electron chi connectivity index (χ0n) is 14.7. The molecule has 0 saturated heterocycles. The molecule has 128 valence electrons. The molecule has 1 aromatic rings. The summed E-state index contributed by atoms with van der Waals surface area (Å²) >= 11 is 0. The van der Waals surface area contributed by atoms with Gasteiger partial charge < -0.3 is 14.6 Å². The highest BCUT2D eigenvalue weighted by molar-refractivity contribution is 6.00. The number of carbonyl (C=O) groups is 2. The first-order valence-electron chi connectivity index (χ1n) is 8.60. The molecule has 0 unspecified atom stereocenters. The van der Waals surface area contributed by atoms with E-state index in [2.05, 4.69) is 4.98 Å². The molecule has 2 rings (SSSR count). The SMILES string of the molecule is CCOC(=O)c1c(C)[nH]c(C(=O)N(C)C2CCCCCC2)c1C. The highest BCUT2D eigenvalue weighted by Crippen LogP contribution is 2.25. The van der Waals surface area contributed by atoms with Gasteiger partial charge >= 0.3 is 5.97 Å². The molecule has 23 heavy (non-hydrogen) atoms. The number of aromatic nitrogens is 1.